The molecule has 1 aliphatic rings. The number of pyridine rings is 2. The highest BCUT2D eigenvalue weighted by molar-refractivity contribution is 5.89. The summed E-state index contributed by atoms with van der Waals surface area (Å²) in [6, 6.07) is 6.93. The maximum Gasteiger partial charge on any atom is 0.181 e. The maximum atomic E-state index is 14.6. The first-order valence-electron chi connectivity index (χ1n) is 10.1. The molecule has 0 radical (unpaired) electrons. The highest BCUT2D eigenvalue weighted by Gasteiger charge is 2.35. The van der Waals surface area contributed by atoms with Crippen LogP contribution in [0.3, 0.4) is 0 Å². The minimum absolute atomic E-state index is 0. The van der Waals surface area contributed by atoms with Crippen LogP contribution in [0.4, 0.5) is 10.2 Å². The van der Waals surface area contributed by atoms with Gasteiger partial charge in [0.05, 0.1) is 5.69 Å². The molecule has 1 saturated heterocycles. The van der Waals surface area contributed by atoms with E-state index in [9.17, 15) is 4.39 Å². The van der Waals surface area contributed by atoms with E-state index < -0.39 is 0 Å². The number of rotatable bonds is 5. The van der Waals surface area contributed by atoms with Gasteiger partial charge in [-0.15, -0.1) is 0 Å². The molecule has 0 bridgehead atoms. The molecule has 152 valence electrons. The van der Waals surface area contributed by atoms with E-state index in [2.05, 4.69) is 38.9 Å². The molecule has 0 aliphatic carbocycles. The molecule has 28 heavy (non-hydrogen) atoms. The van der Waals surface area contributed by atoms with Crippen molar-refractivity contribution in [1.29, 1.82) is 0 Å². The Labute approximate surface area is 167 Å². The SMILES string of the molecule is CCC(N)(CC)C1CCCN(c2ccc(F)c(-c3[nH]nc4ncccc34)n2)C1.[HH].[HH]. The number of hydrogen-bond acceptors (Lipinski definition) is 5. The summed E-state index contributed by atoms with van der Waals surface area (Å²) in [5.74, 6) is 0.813. The van der Waals surface area contributed by atoms with Gasteiger partial charge in [-0.25, -0.2) is 14.4 Å². The van der Waals surface area contributed by atoms with Crippen LogP contribution < -0.4 is 10.6 Å². The number of nitrogens with one attached hydrogen (secondary N) is 1. The highest BCUT2D eigenvalue weighted by Crippen LogP contribution is 2.33. The van der Waals surface area contributed by atoms with Crippen LogP contribution in [-0.4, -0.2) is 38.8 Å². The molecular formula is C21H31FN6. The molecule has 4 rings (SSSR count). The maximum absolute atomic E-state index is 14.6. The Morgan fingerprint density at radius 2 is 2.14 bits per heavy atom. The lowest BCUT2D eigenvalue weighted by molar-refractivity contribution is 0.219. The molecule has 1 fully saturated rings. The van der Waals surface area contributed by atoms with Crippen LogP contribution in [0.25, 0.3) is 22.4 Å². The third-order valence-electron chi connectivity index (χ3n) is 6.27. The molecule has 6 nitrogen and oxygen atoms in total. The summed E-state index contributed by atoms with van der Waals surface area (Å²) in [7, 11) is 0. The Morgan fingerprint density at radius 1 is 1.32 bits per heavy atom. The van der Waals surface area contributed by atoms with Crippen molar-refractivity contribution in [3.8, 4) is 11.4 Å². The largest absolute Gasteiger partial charge is 0.356 e. The van der Waals surface area contributed by atoms with E-state index >= 15 is 0 Å². The molecule has 1 aliphatic heterocycles. The number of nitrogens with zero attached hydrogens (tertiary/aromatic N) is 4. The number of aromatic nitrogens is 4. The fourth-order valence-electron chi connectivity index (χ4n) is 4.30. The molecule has 0 amide bonds. The summed E-state index contributed by atoms with van der Waals surface area (Å²) in [6.45, 7) is 6.08. The average molecular weight is 387 g/mol. The summed E-state index contributed by atoms with van der Waals surface area (Å²) < 4.78 is 14.6. The van der Waals surface area contributed by atoms with Gasteiger partial charge in [-0.1, -0.05) is 13.8 Å². The number of piperidine rings is 1. The van der Waals surface area contributed by atoms with Crippen molar-refractivity contribution in [1.82, 2.24) is 20.2 Å². The van der Waals surface area contributed by atoms with Crippen molar-refractivity contribution < 1.29 is 7.24 Å². The first kappa shape index (κ1) is 18.8. The van der Waals surface area contributed by atoms with Gasteiger partial charge in [0.2, 0.25) is 0 Å². The van der Waals surface area contributed by atoms with Crippen molar-refractivity contribution in [3.05, 3.63) is 36.3 Å². The second-order valence-corrected chi connectivity index (χ2v) is 7.70. The number of fused-ring (bicyclic) bond motifs is 1. The van der Waals surface area contributed by atoms with Crippen LogP contribution in [0.2, 0.25) is 0 Å². The van der Waals surface area contributed by atoms with Gasteiger partial charge in [-0.05, 0) is 55.9 Å². The number of anilines is 1. The number of H-pyrrole nitrogens is 1. The van der Waals surface area contributed by atoms with Gasteiger partial charge in [0.15, 0.2) is 11.5 Å². The van der Waals surface area contributed by atoms with Crippen LogP contribution in [0, 0.1) is 11.7 Å². The molecule has 3 N–H and O–H groups in total. The standard InChI is InChI=1S/C21H27FN6.2H2/c1-3-21(23,4-2)14-7-6-12-28(13-14)17-10-9-16(22)19(25-17)18-15-8-5-11-24-20(15)27-26-18;;/h5,8-11,14H,3-4,6-7,12-13,23H2,1-2H3,(H,24,26,27);2*1H. The molecule has 4 heterocycles. The number of hydrogen-bond donors (Lipinski definition) is 2. The molecular weight excluding hydrogens is 355 g/mol. The van der Waals surface area contributed by atoms with Gasteiger partial charge < -0.3 is 10.6 Å². The minimum atomic E-state index is -0.373. The van der Waals surface area contributed by atoms with Crippen molar-refractivity contribution in [3.63, 3.8) is 0 Å². The van der Waals surface area contributed by atoms with Gasteiger partial charge in [0.25, 0.3) is 0 Å². The van der Waals surface area contributed by atoms with Crippen molar-refractivity contribution in [2.24, 2.45) is 11.7 Å². The molecule has 3 aromatic heterocycles. The van der Waals surface area contributed by atoms with Crippen molar-refractivity contribution in [2.45, 2.75) is 45.1 Å². The molecule has 0 saturated carbocycles. The van der Waals surface area contributed by atoms with E-state index in [4.69, 9.17) is 5.73 Å². The molecule has 0 aromatic carbocycles. The number of halogens is 1. The van der Waals surface area contributed by atoms with Crippen LogP contribution in [0.5, 0.6) is 0 Å². The van der Waals surface area contributed by atoms with Gasteiger partial charge in [-0.3, -0.25) is 5.10 Å². The average Bonchev–Trinajstić information content (AvgIpc) is 3.17. The minimum Gasteiger partial charge on any atom is -0.356 e. The lowest BCUT2D eigenvalue weighted by atomic mass is 9.76. The van der Waals surface area contributed by atoms with E-state index in [-0.39, 0.29) is 19.9 Å². The van der Waals surface area contributed by atoms with E-state index in [0.29, 0.717) is 17.3 Å². The molecule has 0 spiro atoms. The summed E-state index contributed by atoms with van der Waals surface area (Å²) in [5.41, 5.74) is 7.91. The van der Waals surface area contributed by atoms with Gasteiger partial charge in [-0.2, -0.15) is 5.10 Å². The second kappa shape index (κ2) is 7.47. The van der Waals surface area contributed by atoms with Crippen molar-refractivity contribution in [2.75, 3.05) is 18.0 Å². The normalized spacial score (nSPS) is 18.0. The smallest absolute Gasteiger partial charge is 0.181 e. The topological polar surface area (TPSA) is 83.7 Å². The zero-order chi connectivity index (χ0) is 19.7. The number of aromatic amines is 1. The lowest BCUT2D eigenvalue weighted by Crippen LogP contribution is -2.53. The zero-order valence-electron chi connectivity index (χ0n) is 16.5. The third kappa shape index (κ3) is 3.24. The predicted molar refractivity (Wildman–Crippen MR) is 114 cm³/mol. The van der Waals surface area contributed by atoms with Crippen LogP contribution in [0.1, 0.15) is 42.4 Å². The first-order valence-corrected chi connectivity index (χ1v) is 10.1. The van der Waals surface area contributed by atoms with Crippen LogP contribution >= 0.6 is 0 Å². The molecule has 1 unspecified atom stereocenters. The lowest BCUT2D eigenvalue weighted by Gasteiger charge is -2.43. The monoisotopic (exact) mass is 386 g/mol. The third-order valence-corrected chi connectivity index (χ3v) is 6.27. The highest BCUT2D eigenvalue weighted by atomic mass is 19.1. The Kier molecular flexibility index (Phi) is 5.02. The summed E-state index contributed by atoms with van der Waals surface area (Å²) in [4.78, 5) is 11.1. The van der Waals surface area contributed by atoms with Gasteiger partial charge in [0, 0.05) is 33.1 Å². The van der Waals surface area contributed by atoms with E-state index in [1.54, 1.807) is 12.3 Å². The van der Waals surface area contributed by atoms with Crippen LogP contribution in [0.15, 0.2) is 30.5 Å². The van der Waals surface area contributed by atoms with E-state index in [1.807, 2.05) is 12.1 Å². The fraction of sp³-hybridized carbons (Fsp3) is 0.476. The molecule has 7 heteroatoms. The van der Waals surface area contributed by atoms with E-state index in [0.717, 1.165) is 50.0 Å². The summed E-state index contributed by atoms with van der Waals surface area (Å²) >= 11 is 0. The summed E-state index contributed by atoms with van der Waals surface area (Å²) in [6.07, 6.45) is 5.77. The Balaban J connectivity index is 0.00000160. The molecule has 1 atom stereocenters. The predicted octanol–water partition coefficient (Wildman–Crippen LogP) is 4.38. The first-order chi connectivity index (χ1) is 13.6. The quantitative estimate of drug-likeness (QED) is 0.680. The van der Waals surface area contributed by atoms with Gasteiger partial charge >= 0.3 is 0 Å². The number of nitrogens with two attached hydrogens (primary N) is 1. The Morgan fingerprint density at radius 3 is 2.93 bits per heavy atom. The molecule has 3 aromatic rings. The fourth-order valence-corrected chi connectivity index (χ4v) is 4.30. The second-order valence-electron chi connectivity index (χ2n) is 7.70. The zero-order valence-corrected chi connectivity index (χ0v) is 16.5. The van der Waals surface area contributed by atoms with Gasteiger partial charge in [0.1, 0.15) is 11.5 Å². The van der Waals surface area contributed by atoms with Crippen molar-refractivity contribution >= 4 is 16.9 Å². The van der Waals surface area contributed by atoms with E-state index in [1.165, 1.54) is 6.07 Å². The Hall–Kier alpha value is -2.54. The van der Waals surface area contributed by atoms with Crippen LogP contribution in [-0.2, 0) is 0 Å². The Bertz CT molecular complexity index is 975. The summed E-state index contributed by atoms with van der Waals surface area (Å²) in [5, 5.41) is 7.84.